The van der Waals surface area contributed by atoms with E-state index in [2.05, 4.69) is 6.92 Å². The van der Waals surface area contributed by atoms with Gasteiger partial charge in [-0.05, 0) is 52.4 Å². The summed E-state index contributed by atoms with van der Waals surface area (Å²) in [6, 6.07) is -0.333. The second kappa shape index (κ2) is 6.88. The van der Waals surface area contributed by atoms with E-state index in [0.717, 1.165) is 38.5 Å². The van der Waals surface area contributed by atoms with Gasteiger partial charge in [-0.15, -0.1) is 0 Å². The highest BCUT2D eigenvalue weighted by Crippen LogP contribution is 2.42. The third-order valence-electron chi connectivity index (χ3n) is 4.46. The van der Waals surface area contributed by atoms with Gasteiger partial charge in [-0.3, -0.25) is 4.90 Å². The SMILES string of the molecule is CCCCOC(=O)C1C[C@@H]2CCC[C@@H]2N1C(=O)OC(C)(C)C. The maximum absolute atomic E-state index is 12.5. The Hall–Kier alpha value is -1.26. The van der Waals surface area contributed by atoms with Crippen LogP contribution in [-0.4, -0.2) is 41.3 Å². The van der Waals surface area contributed by atoms with Gasteiger partial charge in [0.2, 0.25) is 0 Å². The quantitative estimate of drug-likeness (QED) is 0.589. The van der Waals surface area contributed by atoms with E-state index in [0.29, 0.717) is 12.5 Å². The molecule has 0 bridgehead atoms. The number of carbonyl (C=O) groups excluding carboxylic acids is 2. The monoisotopic (exact) mass is 311 g/mol. The van der Waals surface area contributed by atoms with Crippen LogP contribution in [0.25, 0.3) is 0 Å². The van der Waals surface area contributed by atoms with E-state index in [9.17, 15) is 9.59 Å². The summed E-state index contributed by atoms with van der Waals surface area (Å²) in [5, 5.41) is 0. The Kier molecular flexibility index (Phi) is 5.35. The summed E-state index contributed by atoms with van der Waals surface area (Å²) in [5.41, 5.74) is -0.551. The normalized spacial score (nSPS) is 27.6. The van der Waals surface area contributed by atoms with Crippen molar-refractivity contribution in [2.24, 2.45) is 5.92 Å². The Labute approximate surface area is 133 Å². The first kappa shape index (κ1) is 17.1. The van der Waals surface area contributed by atoms with Crippen molar-refractivity contribution < 1.29 is 19.1 Å². The molecule has 126 valence electrons. The number of ether oxygens (including phenoxy) is 2. The van der Waals surface area contributed by atoms with Gasteiger partial charge in [0.05, 0.1) is 6.61 Å². The number of carbonyl (C=O) groups is 2. The molecule has 5 heteroatoms. The molecule has 0 aromatic rings. The number of hydrogen-bond donors (Lipinski definition) is 0. The minimum Gasteiger partial charge on any atom is -0.464 e. The molecular formula is C17H29NO4. The van der Waals surface area contributed by atoms with Gasteiger partial charge in [-0.25, -0.2) is 9.59 Å². The van der Waals surface area contributed by atoms with Crippen LogP contribution in [-0.2, 0) is 14.3 Å². The first-order valence-corrected chi connectivity index (χ1v) is 8.51. The molecule has 1 aliphatic carbocycles. The van der Waals surface area contributed by atoms with Crippen molar-refractivity contribution in [3.8, 4) is 0 Å². The van der Waals surface area contributed by atoms with Gasteiger partial charge in [0.25, 0.3) is 0 Å². The summed E-state index contributed by atoms with van der Waals surface area (Å²) in [5.74, 6) is 0.143. The van der Waals surface area contributed by atoms with E-state index in [-0.39, 0.29) is 18.1 Å². The van der Waals surface area contributed by atoms with E-state index in [4.69, 9.17) is 9.47 Å². The summed E-state index contributed by atoms with van der Waals surface area (Å²) >= 11 is 0. The molecule has 2 rings (SSSR count). The van der Waals surface area contributed by atoms with Crippen LogP contribution in [0.3, 0.4) is 0 Å². The molecule has 0 aromatic heterocycles. The summed E-state index contributed by atoms with van der Waals surface area (Å²) in [6.07, 6.45) is 5.35. The van der Waals surface area contributed by atoms with Crippen LogP contribution in [0.5, 0.6) is 0 Å². The number of rotatable bonds is 4. The number of likely N-dealkylation sites (tertiary alicyclic amines) is 1. The van der Waals surface area contributed by atoms with Crippen molar-refractivity contribution in [2.75, 3.05) is 6.61 Å². The lowest BCUT2D eigenvalue weighted by Gasteiger charge is -2.31. The molecule has 1 saturated heterocycles. The molecule has 1 saturated carbocycles. The number of hydrogen-bond acceptors (Lipinski definition) is 4. The van der Waals surface area contributed by atoms with Crippen LogP contribution in [0.1, 0.15) is 66.2 Å². The molecule has 0 aromatic carbocycles. The molecule has 0 N–H and O–H groups in total. The van der Waals surface area contributed by atoms with Crippen molar-refractivity contribution in [1.82, 2.24) is 4.90 Å². The van der Waals surface area contributed by atoms with E-state index in [1.54, 1.807) is 4.90 Å². The highest BCUT2D eigenvalue weighted by molar-refractivity contribution is 5.82. The van der Waals surface area contributed by atoms with Crippen molar-refractivity contribution >= 4 is 12.1 Å². The minimum atomic E-state index is -0.551. The molecule has 1 unspecified atom stereocenters. The maximum atomic E-state index is 12.5. The summed E-state index contributed by atoms with van der Waals surface area (Å²) in [6.45, 7) is 8.04. The smallest absolute Gasteiger partial charge is 0.411 e. The van der Waals surface area contributed by atoms with Gasteiger partial charge < -0.3 is 9.47 Å². The molecule has 0 radical (unpaired) electrons. The van der Waals surface area contributed by atoms with Gasteiger partial charge in [-0.1, -0.05) is 19.8 Å². The summed E-state index contributed by atoms with van der Waals surface area (Å²) in [7, 11) is 0. The zero-order valence-corrected chi connectivity index (χ0v) is 14.3. The molecule has 5 nitrogen and oxygen atoms in total. The van der Waals surface area contributed by atoms with Gasteiger partial charge in [0.1, 0.15) is 11.6 Å². The summed E-state index contributed by atoms with van der Waals surface area (Å²) in [4.78, 5) is 26.6. The van der Waals surface area contributed by atoms with E-state index in [1.807, 2.05) is 20.8 Å². The standard InChI is InChI=1S/C17H29NO4/c1-5-6-10-21-15(19)14-11-12-8-7-9-13(12)18(14)16(20)22-17(2,3)4/h12-14H,5-11H2,1-4H3/t12-,13-,14?/m0/s1. The van der Waals surface area contributed by atoms with Crippen LogP contribution >= 0.6 is 0 Å². The third kappa shape index (κ3) is 3.93. The van der Waals surface area contributed by atoms with Crippen LogP contribution in [0.15, 0.2) is 0 Å². The second-order valence-electron chi connectivity index (χ2n) is 7.42. The predicted octanol–water partition coefficient (Wildman–Crippen LogP) is 3.51. The Bertz CT molecular complexity index is 415. The second-order valence-corrected chi connectivity index (χ2v) is 7.42. The highest BCUT2D eigenvalue weighted by Gasteiger charge is 2.50. The van der Waals surface area contributed by atoms with E-state index >= 15 is 0 Å². The maximum Gasteiger partial charge on any atom is 0.411 e. The van der Waals surface area contributed by atoms with E-state index in [1.165, 1.54) is 0 Å². The van der Waals surface area contributed by atoms with Crippen LogP contribution < -0.4 is 0 Å². The molecule has 2 aliphatic rings. The molecule has 1 aliphatic heterocycles. The Morgan fingerprint density at radius 3 is 2.59 bits per heavy atom. The fourth-order valence-corrected chi connectivity index (χ4v) is 3.49. The molecule has 22 heavy (non-hydrogen) atoms. The molecule has 3 atom stereocenters. The lowest BCUT2D eigenvalue weighted by Crippen LogP contribution is -2.47. The van der Waals surface area contributed by atoms with Gasteiger partial charge in [0, 0.05) is 6.04 Å². The number of nitrogens with zero attached hydrogens (tertiary/aromatic N) is 1. The van der Waals surface area contributed by atoms with E-state index < -0.39 is 11.6 Å². The number of unbranched alkanes of at least 4 members (excludes halogenated alkanes) is 1. The van der Waals surface area contributed by atoms with Crippen molar-refractivity contribution in [3.05, 3.63) is 0 Å². The molecule has 1 heterocycles. The topological polar surface area (TPSA) is 55.8 Å². The Morgan fingerprint density at radius 1 is 1.23 bits per heavy atom. The number of amides is 1. The largest absolute Gasteiger partial charge is 0.464 e. The zero-order chi connectivity index (χ0) is 16.3. The molecule has 2 fully saturated rings. The Morgan fingerprint density at radius 2 is 1.95 bits per heavy atom. The van der Waals surface area contributed by atoms with Crippen molar-refractivity contribution in [2.45, 2.75) is 83.9 Å². The average Bonchev–Trinajstić information content (AvgIpc) is 2.95. The lowest BCUT2D eigenvalue weighted by molar-refractivity contribution is -0.149. The van der Waals surface area contributed by atoms with Gasteiger partial charge in [0.15, 0.2) is 0 Å². The fourth-order valence-electron chi connectivity index (χ4n) is 3.49. The van der Waals surface area contributed by atoms with Gasteiger partial charge in [-0.2, -0.15) is 0 Å². The third-order valence-corrected chi connectivity index (χ3v) is 4.46. The van der Waals surface area contributed by atoms with Crippen LogP contribution in [0.2, 0.25) is 0 Å². The predicted molar refractivity (Wildman–Crippen MR) is 83.5 cm³/mol. The fraction of sp³-hybridized carbons (Fsp3) is 0.882. The highest BCUT2D eigenvalue weighted by atomic mass is 16.6. The summed E-state index contributed by atoms with van der Waals surface area (Å²) < 4.78 is 10.9. The van der Waals surface area contributed by atoms with Gasteiger partial charge >= 0.3 is 12.1 Å². The number of esters is 1. The first-order valence-electron chi connectivity index (χ1n) is 8.51. The Balaban J connectivity index is 2.06. The lowest BCUT2D eigenvalue weighted by atomic mass is 10.0. The van der Waals surface area contributed by atoms with Crippen LogP contribution in [0.4, 0.5) is 4.79 Å². The van der Waals surface area contributed by atoms with Crippen molar-refractivity contribution in [3.63, 3.8) is 0 Å². The van der Waals surface area contributed by atoms with Crippen LogP contribution in [0, 0.1) is 5.92 Å². The zero-order valence-electron chi connectivity index (χ0n) is 14.3. The first-order chi connectivity index (χ1) is 10.3. The molecule has 0 spiro atoms. The molecule has 1 amide bonds. The minimum absolute atomic E-state index is 0.138. The molecular weight excluding hydrogens is 282 g/mol. The number of fused-ring (bicyclic) bond motifs is 1. The average molecular weight is 311 g/mol. The van der Waals surface area contributed by atoms with Crippen molar-refractivity contribution in [1.29, 1.82) is 0 Å².